The zero-order valence-corrected chi connectivity index (χ0v) is 15.7. The Morgan fingerprint density at radius 3 is 2.07 bits per heavy atom. The van der Waals surface area contributed by atoms with Crippen molar-refractivity contribution in [2.75, 3.05) is 0 Å². The van der Waals surface area contributed by atoms with Crippen molar-refractivity contribution in [3.63, 3.8) is 0 Å². The fraction of sp³-hybridized carbons (Fsp3) is 0.0455. The van der Waals surface area contributed by atoms with Crippen molar-refractivity contribution in [1.29, 1.82) is 0 Å². The van der Waals surface area contributed by atoms with Gasteiger partial charge in [-0.05, 0) is 36.4 Å². The first kappa shape index (κ1) is 18.0. The third-order valence-electron chi connectivity index (χ3n) is 4.16. The second-order valence-corrected chi connectivity index (χ2v) is 8.01. The molecule has 3 aromatic carbocycles. The summed E-state index contributed by atoms with van der Waals surface area (Å²) in [6, 6.07) is 24.3. The highest BCUT2D eigenvalue weighted by molar-refractivity contribution is 7.91. The monoisotopic (exact) mass is 391 g/mol. The van der Waals surface area contributed by atoms with Crippen LogP contribution in [0, 0.1) is 0 Å². The second kappa shape index (κ2) is 7.70. The minimum atomic E-state index is -3.54. The molecule has 0 radical (unpaired) electrons. The summed E-state index contributed by atoms with van der Waals surface area (Å²) in [4.78, 5) is 4.69. The van der Waals surface area contributed by atoms with Crippen LogP contribution in [0.3, 0.4) is 0 Å². The largest absolute Gasteiger partial charge is 0.484 e. The van der Waals surface area contributed by atoms with E-state index in [1.165, 1.54) is 12.1 Å². The molecule has 0 spiro atoms. The van der Waals surface area contributed by atoms with Gasteiger partial charge in [-0.3, -0.25) is 0 Å². The van der Waals surface area contributed by atoms with Crippen molar-refractivity contribution in [2.24, 2.45) is 0 Å². The SMILES string of the molecule is O=S(=O)(c1ccccc1)c1ccc(OCc2ncc(-c3ccccc3)o2)cc1. The standard InChI is InChI=1S/C22H17NO4S/c24-28(25,19-9-5-2-6-10-19)20-13-11-18(12-14-20)26-16-22-23-15-21(27-22)17-7-3-1-4-8-17/h1-15H,16H2. The van der Waals surface area contributed by atoms with Crippen LogP contribution in [0.5, 0.6) is 5.75 Å². The van der Waals surface area contributed by atoms with Crippen LogP contribution in [0.25, 0.3) is 11.3 Å². The van der Waals surface area contributed by atoms with E-state index < -0.39 is 9.84 Å². The highest BCUT2D eigenvalue weighted by Gasteiger charge is 2.17. The first-order valence-corrected chi connectivity index (χ1v) is 10.1. The molecular formula is C22H17NO4S. The van der Waals surface area contributed by atoms with Crippen molar-refractivity contribution in [3.8, 4) is 17.1 Å². The summed E-state index contributed by atoms with van der Waals surface area (Å²) in [5.74, 6) is 1.65. The maximum Gasteiger partial charge on any atom is 0.232 e. The molecule has 4 rings (SSSR count). The zero-order chi connectivity index (χ0) is 19.4. The van der Waals surface area contributed by atoms with E-state index in [1.54, 1.807) is 48.7 Å². The number of benzene rings is 3. The molecule has 0 fully saturated rings. The van der Waals surface area contributed by atoms with E-state index in [0.717, 1.165) is 5.56 Å². The predicted octanol–water partition coefficient (Wildman–Crippen LogP) is 4.75. The lowest BCUT2D eigenvalue weighted by Crippen LogP contribution is -2.02. The summed E-state index contributed by atoms with van der Waals surface area (Å²) in [6.45, 7) is 0.150. The summed E-state index contributed by atoms with van der Waals surface area (Å²) < 4.78 is 36.6. The lowest BCUT2D eigenvalue weighted by atomic mass is 10.2. The van der Waals surface area contributed by atoms with E-state index >= 15 is 0 Å². The number of oxazole rings is 1. The maximum atomic E-state index is 12.6. The Kier molecular flexibility index (Phi) is 4.95. The Morgan fingerprint density at radius 2 is 1.39 bits per heavy atom. The molecule has 0 unspecified atom stereocenters. The molecule has 6 heteroatoms. The highest BCUT2D eigenvalue weighted by atomic mass is 32.2. The van der Waals surface area contributed by atoms with Crippen LogP contribution in [-0.4, -0.2) is 13.4 Å². The molecule has 0 aliphatic heterocycles. The van der Waals surface area contributed by atoms with Gasteiger partial charge in [-0.2, -0.15) is 0 Å². The normalized spacial score (nSPS) is 11.3. The van der Waals surface area contributed by atoms with Crippen molar-refractivity contribution >= 4 is 9.84 Å². The summed E-state index contributed by atoms with van der Waals surface area (Å²) >= 11 is 0. The van der Waals surface area contributed by atoms with Gasteiger partial charge in [0.1, 0.15) is 5.75 Å². The smallest absolute Gasteiger partial charge is 0.232 e. The fourth-order valence-corrected chi connectivity index (χ4v) is 3.99. The van der Waals surface area contributed by atoms with Crippen molar-refractivity contribution < 1.29 is 17.6 Å². The molecule has 4 aromatic rings. The van der Waals surface area contributed by atoms with Crippen LogP contribution >= 0.6 is 0 Å². The van der Waals surface area contributed by atoms with E-state index in [9.17, 15) is 8.42 Å². The highest BCUT2D eigenvalue weighted by Crippen LogP contribution is 2.24. The van der Waals surface area contributed by atoms with Crippen molar-refractivity contribution in [1.82, 2.24) is 4.98 Å². The molecule has 0 atom stereocenters. The Labute approximate surface area is 163 Å². The zero-order valence-electron chi connectivity index (χ0n) is 14.9. The van der Waals surface area contributed by atoms with Crippen molar-refractivity contribution in [2.45, 2.75) is 16.4 Å². The molecule has 0 aliphatic carbocycles. The van der Waals surface area contributed by atoms with E-state index in [0.29, 0.717) is 17.4 Å². The Hall–Kier alpha value is -3.38. The number of rotatable bonds is 6. The number of sulfone groups is 1. The minimum absolute atomic E-state index is 0.150. The van der Waals surface area contributed by atoms with E-state index in [-0.39, 0.29) is 16.4 Å². The molecule has 28 heavy (non-hydrogen) atoms. The summed E-state index contributed by atoms with van der Waals surface area (Å²) in [7, 11) is -3.54. The number of hydrogen-bond donors (Lipinski definition) is 0. The van der Waals surface area contributed by atoms with Gasteiger partial charge in [0.25, 0.3) is 0 Å². The van der Waals surface area contributed by atoms with Crippen LogP contribution < -0.4 is 4.74 Å². The first-order valence-electron chi connectivity index (χ1n) is 8.66. The van der Waals surface area contributed by atoms with Gasteiger partial charge in [0.05, 0.1) is 16.0 Å². The number of ether oxygens (including phenoxy) is 1. The van der Waals surface area contributed by atoms with E-state index in [4.69, 9.17) is 9.15 Å². The fourth-order valence-electron chi connectivity index (χ4n) is 2.71. The number of nitrogens with zero attached hydrogens (tertiary/aromatic N) is 1. The van der Waals surface area contributed by atoms with Gasteiger partial charge in [0.2, 0.25) is 15.7 Å². The van der Waals surface area contributed by atoms with Crippen LogP contribution in [0.15, 0.2) is 105 Å². The van der Waals surface area contributed by atoms with Gasteiger partial charge < -0.3 is 9.15 Å². The Balaban J connectivity index is 1.44. The molecule has 1 heterocycles. The molecule has 0 N–H and O–H groups in total. The van der Waals surface area contributed by atoms with Crippen molar-refractivity contribution in [3.05, 3.63) is 97.0 Å². The first-order chi connectivity index (χ1) is 13.6. The van der Waals surface area contributed by atoms with Gasteiger partial charge in [0, 0.05) is 5.56 Å². The van der Waals surface area contributed by atoms with Gasteiger partial charge in [-0.1, -0.05) is 48.5 Å². The average Bonchev–Trinajstić information content (AvgIpc) is 3.23. The molecule has 0 aliphatic rings. The van der Waals surface area contributed by atoms with Gasteiger partial charge in [-0.15, -0.1) is 0 Å². The molecule has 0 bridgehead atoms. The molecular weight excluding hydrogens is 374 g/mol. The Morgan fingerprint density at radius 1 is 0.786 bits per heavy atom. The van der Waals surface area contributed by atoms with Crippen LogP contribution in [0.1, 0.15) is 5.89 Å². The molecule has 140 valence electrons. The van der Waals surface area contributed by atoms with Gasteiger partial charge in [-0.25, -0.2) is 13.4 Å². The van der Waals surface area contributed by atoms with E-state index in [2.05, 4.69) is 4.98 Å². The predicted molar refractivity (Wildman–Crippen MR) is 105 cm³/mol. The molecule has 5 nitrogen and oxygen atoms in total. The number of aromatic nitrogens is 1. The van der Waals surface area contributed by atoms with Crippen LogP contribution in [-0.2, 0) is 16.4 Å². The Bertz CT molecular complexity index is 1150. The summed E-state index contributed by atoms with van der Waals surface area (Å²) in [5.41, 5.74) is 0.941. The third-order valence-corrected chi connectivity index (χ3v) is 5.95. The summed E-state index contributed by atoms with van der Waals surface area (Å²) in [5, 5.41) is 0. The molecule has 0 amide bonds. The lowest BCUT2D eigenvalue weighted by Gasteiger charge is -2.07. The average molecular weight is 391 g/mol. The minimum Gasteiger partial charge on any atom is -0.484 e. The van der Waals surface area contributed by atoms with Gasteiger partial charge >= 0.3 is 0 Å². The summed E-state index contributed by atoms with van der Waals surface area (Å²) in [6.07, 6.45) is 1.66. The van der Waals surface area contributed by atoms with Crippen LogP contribution in [0.2, 0.25) is 0 Å². The molecule has 0 saturated heterocycles. The van der Waals surface area contributed by atoms with Crippen LogP contribution in [0.4, 0.5) is 0 Å². The maximum absolute atomic E-state index is 12.6. The lowest BCUT2D eigenvalue weighted by molar-refractivity contribution is 0.264. The third kappa shape index (κ3) is 3.82. The number of hydrogen-bond acceptors (Lipinski definition) is 5. The molecule has 0 saturated carbocycles. The molecule has 1 aromatic heterocycles. The second-order valence-electron chi connectivity index (χ2n) is 6.06. The quantitative estimate of drug-likeness (QED) is 0.474. The van der Waals surface area contributed by atoms with Gasteiger partial charge in [0.15, 0.2) is 12.4 Å². The topological polar surface area (TPSA) is 69.4 Å². The van der Waals surface area contributed by atoms with E-state index in [1.807, 2.05) is 30.3 Å².